The van der Waals surface area contributed by atoms with E-state index in [1.807, 2.05) is 0 Å². The highest BCUT2D eigenvalue weighted by Gasteiger charge is 2.04. The van der Waals surface area contributed by atoms with Crippen LogP contribution in [0.15, 0.2) is 0 Å². The molecule has 0 aromatic heterocycles. The predicted molar refractivity (Wildman–Crippen MR) is 69.1 cm³/mol. The second-order valence-electron chi connectivity index (χ2n) is 4.78. The molecule has 2 heteroatoms. The van der Waals surface area contributed by atoms with E-state index in [-0.39, 0.29) is 0 Å². The first-order valence-corrected chi connectivity index (χ1v) is 7.00. The Morgan fingerprint density at radius 1 is 1.00 bits per heavy atom. The normalized spacial score (nSPS) is 13.9. The van der Waals surface area contributed by atoms with Gasteiger partial charge in [0.15, 0.2) is 0 Å². The lowest BCUT2D eigenvalue weighted by molar-refractivity contribution is 0.438. The van der Waals surface area contributed by atoms with Gasteiger partial charge in [0.05, 0.1) is 0 Å². The standard InChI is InChI=1S/C12H27NS/c1-10(2)6-8-14-9-7-13-12(5)11(3)4/h10-13H,6-9H2,1-5H3. The maximum absolute atomic E-state index is 3.55. The molecule has 0 aromatic rings. The molecule has 1 nitrogen and oxygen atoms in total. The first kappa shape index (κ1) is 14.3. The topological polar surface area (TPSA) is 12.0 Å². The van der Waals surface area contributed by atoms with Crippen molar-refractivity contribution in [3.05, 3.63) is 0 Å². The summed E-state index contributed by atoms with van der Waals surface area (Å²) in [5.41, 5.74) is 0. The highest BCUT2D eigenvalue weighted by atomic mass is 32.2. The van der Waals surface area contributed by atoms with Crippen molar-refractivity contribution in [2.75, 3.05) is 18.1 Å². The minimum Gasteiger partial charge on any atom is -0.313 e. The smallest absolute Gasteiger partial charge is 0.00620 e. The van der Waals surface area contributed by atoms with Crippen LogP contribution in [-0.2, 0) is 0 Å². The molecule has 0 fully saturated rings. The van der Waals surface area contributed by atoms with Gasteiger partial charge in [-0.15, -0.1) is 0 Å². The summed E-state index contributed by atoms with van der Waals surface area (Å²) in [5, 5.41) is 3.55. The summed E-state index contributed by atoms with van der Waals surface area (Å²) >= 11 is 2.07. The third-order valence-corrected chi connectivity index (χ3v) is 3.57. The van der Waals surface area contributed by atoms with Crippen molar-refractivity contribution in [3.8, 4) is 0 Å². The van der Waals surface area contributed by atoms with Gasteiger partial charge in [0.2, 0.25) is 0 Å². The van der Waals surface area contributed by atoms with Gasteiger partial charge in [0, 0.05) is 18.3 Å². The van der Waals surface area contributed by atoms with Crippen molar-refractivity contribution in [1.29, 1.82) is 0 Å². The maximum atomic E-state index is 3.55. The lowest BCUT2D eigenvalue weighted by Crippen LogP contribution is -2.32. The van der Waals surface area contributed by atoms with E-state index in [9.17, 15) is 0 Å². The highest BCUT2D eigenvalue weighted by molar-refractivity contribution is 7.99. The Kier molecular flexibility index (Phi) is 8.80. The van der Waals surface area contributed by atoms with Gasteiger partial charge in [0.1, 0.15) is 0 Å². The van der Waals surface area contributed by atoms with Crippen LogP contribution in [0.3, 0.4) is 0 Å². The molecule has 1 atom stereocenters. The van der Waals surface area contributed by atoms with Crippen LogP contribution < -0.4 is 5.32 Å². The van der Waals surface area contributed by atoms with Crippen LogP contribution in [-0.4, -0.2) is 24.1 Å². The molecule has 0 bridgehead atoms. The molecular weight excluding hydrogens is 190 g/mol. The van der Waals surface area contributed by atoms with Crippen molar-refractivity contribution in [2.45, 2.75) is 47.1 Å². The molecule has 0 heterocycles. The van der Waals surface area contributed by atoms with Crippen LogP contribution in [0.1, 0.15) is 41.0 Å². The fourth-order valence-electron chi connectivity index (χ4n) is 1.02. The van der Waals surface area contributed by atoms with E-state index in [0.29, 0.717) is 6.04 Å². The number of hydrogen-bond acceptors (Lipinski definition) is 2. The van der Waals surface area contributed by atoms with E-state index >= 15 is 0 Å². The molecule has 0 aliphatic rings. The van der Waals surface area contributed by atoms with Gasteiger partial charge in [-0.1, -0.05) is 27.7 Å². The van der Waals surface area contributed by atoms with Gasteiger partial charge in [-0.3, -0.25) is 0 Å². The van der Waals surface area contributed by atoms with E-state index in [2.05, 4.69) is 51.7 Å². The van der Waals surface area contributed by atoms with E-state index in [1.165, 1.54) is 17.9 Å². The molecule has 0 saturated carbocycles. The molecule has 1 unspecified atom stereocenters. The summed E-state index contributed by atoms with van der Waals surface area (Å²) in [6.07, 6.45) is 1.35. The average Bonchev–Trinajstić information content (AvgIpc) is 2.09. The quantitative estimate of drug-likeness (QED) is 0.625. The maximum Gasteiger partial charge on any atom is 0.00620 e. The summed E-state index contributed by atoms with van der Waals surface area (Å²) in [7, 11) is 0. The van der Waals surface area contributed by atoms with Gasteiger partial charge in [-0.05, 0) is 30.9 Å². The third kappa shape index (κ3) is 8.89. The van der Waals surface area contributed by atoms with Gasteiger partial charge >= 0.3 is 0 Å². The monoisotopic (exact) mass is 217 g/mol. The lowest BCUT2D eigenvalue weighted by atomic mass is 10.1. The Bertz CT molecular complexity index is 123. The molecule has 0 aliphatic heterocycles. The van der Waals surface area contributed by atoms with Gasteiger partial charge < -0.3 is 5.32 Å². The minimum atomic E-state index is 0.653. The minimum absolute atomic E-state index is 0.653. The van der Waals surface area contributed by atoms with Gasteiger partial charge in [0.25, 0.3) is 0 Å². The first-order chi connectivity index (χ1) is 6.54. The number of thioether (sulfide) groups is 1. The zero-order valence-electron chi connectivity index (χ0n) is 10.5. The summed E-state index contributed by atoms with van der Waals surface area (Å²) < 4.78 is 0. The lowest BCUT2D eigenvalue weighted by Gasteiger charge is -2.17. The van der Waals surface area contributed by atoms with Crippen molar-refractivity contribution in [3.63, 3.8) is 0 Å². The number of nitrogens with one attached hydrogen (secondary N) is 1. The van der Waals surface area contributed by atoms with Crippen LogP contribution >= 0.6 is 11.8 Å². The molecule has 0 aliphatic carbocycles. The van der Waals surface area contributed by atoms with Crippen molar-refractivity contribution < 1.29 is 0 Å². The van der Waals surface area contributed by atoms with Crippen LogP contribution in [0, 0.1) is 11.8 Å². The molecule has 86 valence electrons. The summed E-state index contributed by atoms with van der Waals surface area (Å²) in [6, 6.07) is 0.653. The molecule has 0 rings (SSSR count). The first-order valence-electron chi connectivity index (χ1n) is 5.85. The Labute approximate surface area is 94.4 Å². The molecule has 0 saturated heterocycles. The molecular formula is C12H27NS. The Balaban J connectivity index is 3.13. The van der Waals surface area contributed by atoms with Crippen LogP contribution in [0.5, 0.6) is 0 Å². The highest BCUT2D eigenvalue weighted by Crippen LogP contribution is 2.08. The van der Waals surface area contributed by atoms with Crippen molar-refractivity contribution in [1.82, 2.24) is 5.32 Å². The zero-order valence-corrected chi connectivity index (χ0v) is 11.3. The van der Waals surface area contributed by atoms with Crippen LogP contribution in [0.25, 0.3) is 0 Å². The predicted octanol–water partition coefficient (Wildman–Crippen LogP) is 3.40. The van der Waals surface area contributed by atoms with E-state index in [4.69, 9.17) is 0 Å². The molecule has 0 spiro atoms. The summed E-state index contributed by atoms with van der Waals surface area (Å²) in [4.78, 5) is 0. The van der Waals surface area contributed by atoms with Crippen molar-refractivity contribution >= 4 is 11.8 Å². The van der Waals surface area contributed by atoms with Crippen molar-refractivity contribution in [2.24, 2.45) is 11.8 Å². The summed E-state index contributed by atoms with van der Waals surface area (Å²) in [5.74, 6) is 4.17. The van der Waals surface area contributed by atoms with Gasteiger partial charge in [-0.2, -0.15) is 11.8 Å². The molecule has 0 radical (unpaired) electrons. The summed E-state index contributed by atoms with van der Waals surface area (Å²) in [6.45, 7) is 12.5. The second-order valence-corrected chi connectivity index (χ2v) is 6.01. The fourth-order valence-corrected chi connectivity index (χ4v) is 2.12. The SMILES string of the molecule is CC(C)CCSCCNC(C)C(C)C. The largest absolute Gasteiger partial charge is 0.313 e. The number of hydrogen-bond donors (Lipinski definition) is 1. The van der Waals surface area contributed by atoms with E-state index in [0.717, 1.165) is 18.4 Å². The Hall–Kier alpha value is 0.310. The fraction of sp³-hybridized carbons (Fsp3) is 1.00. The van der Waals surface area contributed by atoms with Gasteiger partial charge in [-0.25, -0.2) is 0 Å². The Morgan fingerprint density at radius 3 is 2.14 bits per heavy atom. The van der Waals surface area contributed by atoms with Crippen LogP contribution in [0.4, 0.5) is 0 Å². The number of rotatable bonds is 8. The third-order valence-electron chi connectivity index (χ3n) is 2.55. The second kappa shape index (κ2) is 8.60. The van der Waals surface area contributed by atoms with E-state index in [1.54, 1.807) is 0 Å². The van der Waals surface area contributed by atoms with E-state index < -0.39 is 0 Å². The molecule has 14 heavy (non-hydrogen) atoms. The molecule has 0 aromatic carbocycles. The Morgan fingerprint density at radius 2 is 1.64 bits per heavy atom. The zero-order chi connectivity index (χ0) is 11.0. The molecule has 0 amide bonds. The van der Waals surface area contributed by atoms with Crippen LogP contribution in [0.2, 0.25) is 0 Å². The average molecular weight is 217 g/mol. The molecule has 1 N–H and O–H groups in total.